The van der Waals surface area contributed by atoms with Gasteiger partial charge in [0.25, 0.3) is 0 Å². The molecule has 0 aromatic heterocycles. The molecule has 1 amide bonds. The molecule has 0 saturated carbocycles. The fourth-order valence-corrected chi connectivity index (χ4v) is 7.22. The van der Waals surface area contributed by atoms with Crippen molar-refractivity contribution in [3.8, 4) is 17.2 Å². The first-order chi connectivity index (χ1) is 21.4. The van der Waals surface area contributed by atoms with Crippen LogP contribution in [0.2, 0.25) is 0 Å². The summed E-state index contributed by atoms with van der Waals surface area (Å²) < 4.78 is 16.3. The number of hydrogen-bond donors (Lipinski definition) is 1. The summed E-state index contributed by atoms with van der Waals surface area (Å²) in [6, 6.07) is 25.3. The Labute approximate surface area is 254 Å². The molecule has 8 heteroatoms. The maximum absolute atomic E-state index is 14.9. The molecule has 1 fully saturated rings. The summed E-state index contributed by atoms with van der Waals surface area (Å²) in [4.78, 5) is 46.4. The van der Waals surface area contributed by atoms with Gasteiger partial charge in [-0.3, -0.25) is 14.4 Å². The van der Waals surface area contributed by atoms with E-state index in [-0.39, 0.29) is 17.5 Å². The largest absolute Gasteiger partial charge is 0.497 e. The third kappa shape index (κ3) is 3.80. The van der Waals surface area contributed by atoms with Crippen molar-refractivity contribution in [2.45, 2.75) is 17.5 Å². The molecule has 7 rings (SSSR count). The number of rotatable bonds is 7. The average Bonchev–Trinajstić information content (AvgIpc) is 3.55. The number of nitrogens with one attached hydrogen (secondary N) is 1. The van der Waals surface area contributed by atoms with Crippen LogP contribution >= 0.6 is 0 Å². The van der Waals surface area contributed by atoms with E-state index in [0.717, 1.165) is 11.3 Å². The zero-order valence-corrected chi connectivity index (χ0v) is 24.4. The molecule has 1 saturated heterocycles. The summed E-state index contributed by atoms with van der Waals surface area (Å²) in [6.45, 7) is 0. The first-order valence-electron chi connectivity index (χ1n) is 14.3. The van der Waals surface area contributed by atoms with Crippen LogP contribution in [0.1, 0.15) is 31.8 Å². The third-order valence-electron chi connectivity index (χ3n) is 9.12. The maximum atomic E-state index is 14.9. The van der Waals surface area contributed by atoms with Crippen LogP contribution in [0.4, 0.5) is 11.4 Å². The highest BCUT2D eigenvalue weighted by atomic mass is 16.5. The summed E-state index contributed by atoms with van der Waals surface area (Å²) in [5, 5.41) is 3.04. The van der Waals surface area contributed by atoms with Crippen molar-refractivity contribution in [3.05, 3.63) is 119 Å². The number of carbonyl (C=O) groups is 3. The molecule has 4 atom stereocenters. The van der Waals surface area contributed by atoms with Crippen molar-refractivity contribution in [2.75, 3.05) is 31.5 Å². The molecular formula is C36H30N2O6. The highest BCUT2D eigenvalue weighted by molar-refractivity contribution is 6.20. The number of Topliss-reactive ketones (excluding diaryl/α,β-unsaturated/α-hetero) is 2. The van der Waals surface area contributed by atoms with E-state index in [0.29, 0.717) is 39.6 Å². The Hall–Kier alpha value is -5.37. The van der Waals surface area contributed by atoms with Gasteiger partial charge < -0.3 is 24.4 Å². The second-order valence-electron chi connectivity index (χ2n) is 11.1. The van der Waals surface area contributed by atoms with Gasteiger partial charge >= 0.3 is 0 Å². The van der Waals surface area contributed by atoms with E-state index < -0.39 is 23.4 Å². The van der Waals surface area contributed by atoms with Crippen molar-refractivity contribution in [1.29, 1.82) is 0 Å². The predicted molar refractivity (Wildman–Crippen MR) is 167 cm³/mol. The standard InChI is InChI=1S/C36H30N2O6/c1-42-24-16-12-22(13-17-24)33(40)34-36(25-9-5-6-10-26(25)37-35(36)41)31(28-18-14-21-8-4-7-11-27(21)38(28)34)32(39)23-15-19-29(43-2)30(20-23)44-3/h4-20,28,31,34H,1-3H3,(H,37,41)/t28-,31-,34+,36+/m1/s1. The van der Waals surface area contributed by atoms with Crippen molar-refractivity contribution >= 4 is 34.9 Å². The number of nitrogens with zero attached hydrogens (tertiary/aromatic N) is 1. The van der Waals surface area contributed by atoms with Crippen molar-refractivity contribution < 1.29 is 28.6 Å². The molecule has 8 nitrogen and oxygen atoms in total. The number of methoxy groups -OCH3 is 3. The van der Waals surface area contributed by atoms with Crippen LogP contribution in [0, 0.1) is 5.92 Å². The fourth-order valence-electron chi connectivity index (χ4n) is 7.22. The number of carbonyl (C=O) groups excluding carboxylic acids is 3. The van der Waals surface area contributed by atoms with Crippen LogP contribution in [0.25, 0.3) is 6.08 Å². The Bertz CT molecular complexity index is 1850. The minimum absolute atomic E-state index is 0.266. The Morgan fingerprint density at radius 3 is 2.23 bits per heavy atom. The summed E-state index contributed by atoms with van der Waals surface area (Å²) in [7, 11) is 4.60. The summed E-state index contributed by atoms with van der Waals surface area (Å²) in [6.07, 6.45) is 3.92. The van der Waals surface area contributed by atoms with E-state index in [2.05, 4.69) is 5.32 Å². The van der Waals surface area contributed by atoms with Crippen LogP contribution in [0.15, 0.2) is 97.1 Å². The number of fused-ring (bicyclic) bond motifs is 5. The zero-order chi connectivity index (χ0) is 30.6. The van der Waals surface area contributed by atoms with Gasteiger partial charge in [0.05, 0.1) is 33.3 Å². The van der Waals surface area contributed by atoms with Gasteiger partial charge in [-0.05, 0) is 65.7 Å². The number of ketones is 2. The molecule has 3 heterocycles. The van der Waals surface area contributed by atoms with E-state index in [4.69, 9.17) is 14.2 Å². The minimum atomic E-state index is -1.55. The van der Waals surface area contributed by atoms with E-state index in [1.54, 1.807) is 49.6 Å². The van der Waals surface area contributed by atoms with Gasteiger partial charge in [-0.2, -0.15) is 0 Å². The fraction of sp³-hybridized carbons (Fsp3) is 0.194. The number of benzene rings is 4. The van der Waals surface area contributed by atoms with Crippen LogP contribution in [0.5, 0.6) is 17.2 Å². The molecule has 1 spiro atoms. The van der Waals surface area contributed by atoms with Gasteiger partial charge in [0.1, 0.15) is 17.2 Å². The minimum Gasteiger partial charge on any atom is -0.497 e. The van der Waals surface area contributed by atoms with Crippen LogP contribution in [0.3, 0.4) is 0 Å². The summed E-state index contributed by atoms with van der Waals surface area (Å²) in [5.41, 5.74) is 2.11. The molecular weight excluding hydrogens is 556 g/mol. The lowest BCUT2D eigenvalue weighted by Crippen LogP contribution is -2.55. The number of para-hydroxylation sites is 2. The summed E-state index contributed by atoms with van der Waals surface area (Å²) in [5.74, 6) is -0.397. The lowest BCUT2D eigenvalue weighted by Gasteiger charge is -2.37. The van der Waals surface area contributed by atoms with Crippen molar-refractivity contribution in [2.24, 2.45) is 5.92 Å². The van der Waals surface area contributed by atoms with Crippen LogP contribution in [-0.4, -0.2) is 50.9 Å². The number of anilines is 2. The van der Waals surface area contributed by atoms with Gasteiger partial charge in [-0.1, -0.05) is 48.6 Å². The molecule has 0 bridgehead atoms. The molecule has 0 unspecified atom stereocenters. The van der Waals surface area contributed by atoms with E-state index in [1.165, 1.54) is 14.2 Å². The van der Waals surface area contributed by atoms with Gasteiger partial charge in [0, 0.05) is 22.5 Å². The molecule has 3 aliphatic rings. The highest BCUT2D eigenvalue weighted by Gasteiger charge is 2.71. The molecule has 44 heavy (non-hydrogen) atoms. The third-order valence-corrected chi connectivity index (χ3v) is 9.12. The Morgan fingerprint density at radius 2 is 1.48 bits per heavy atom. The van der Waals surface area contributed by atoms with Crippen molar-refractivity contribution in [1.82, 2.24) is 0 Å². The Kier molecular flexibility index (Phi) is 6.50. The first kappa shape index (κ1) is 27.5. The van der Waals surface area contributed by atoms with Gasteiger partial charge in [0.15, 0.2) is 23.1 Å². The molecule has 220 valence electrons. The van der Waals surface area contributed by atoms with Crippen LogP contribution < -0.4 is 24.4 Å². The topological polar surface area (TPSA) is 94.2 Å². The van der Waals surface area contributed by atoms with Gasteiger partial charge in [-0.15, -0.1) is 0 Å². The normalized spacial score (nSPS) is 22.6. The molecule has 3 aliphatic heterocycles. The molecule has 1 N–H and O–H groups in total. The monoisotopic (exact) mass is 586 g/mol. The van der Waals surface area contributed by atoms with Crippen molar-refractivity contribution in [3.63, 3.8) is 0 Å². The zero-order valence-electron chi connectivity index (χ0n) is 24.4. The quantitative estimate of drug-likeness (QED) is 0.283. The lowest BCUT2D eigenvalue weighted by molar-refractivity contribution is -0.121. The SMILES string of the molecule is COc1ccc(C(=O)[C@@H]2N3c4ccccc4C=C[C@@H]3[C@H](C(=O)c3ccc(OC)c(OC)c3)[C@]23C(=O)Nc2ccccc23)cc1. The van der Waals surface area contributed by atoms with E-state index in [9.17, 15) is 14.4 Å². The average molecular weight is 587 g/mol. The Morgan fingerprint density at radius 1 is 0.773 bits per heavy atom. The van der Waals surface area contributed by atoms with Crippen LogP contribution in [-0.2, 0) is 10.2 Å². The van der Waals surface area contributed by atoms with E-state index in [1.807, 2.05) is 65.6 Å². The smallest absolute Gasteiger partial charge is 0.238 e. The second-order valence-corrected chi connectivity index (χ2v) is 11.1. The maximum Gasteiger partial charge on any atom is 0.238 e. The predicted octanol–water partition coefficient (Wildman–Crippen LogP) is 5.57. The van der Waals surface area contributed by atoms with Gasteiger partial charge in [-0.25, -0.2) is 0 Å². The number of hydrogen-bond acceptors (Lipinski definition) is 7. The van der Waals surface area contributed by atoms with Gasteiger partial charge in [0.2, 0.25) is 5.91 Å². The number of amides is 1. The van der Waals surface area contributed by atoms with E-state index >= 15 is 0 Å². The molecule has 4 aromatic rings. The number of ether oxygens (including phenoxy) is 3. The first-order valence-corrected chi connectivity index (χ1v) is 14.3. The molecule has 0 aliphatic carbocycles. The summed E-state index contributed by atoms with van der Waals surface area (Å²) >= 11 is 0. The lowest BCUT2D eigenvalue weighted by atomic mass is 9.63. The molecule has 4 aromatic carbocycles. The molecule has 0 radical (unpaired) electrons. The highest BCUT2D eigenvalue weighted by Crippen LogP contribution is 2.58. The second kappa shape index (κ2) is 10.4. The Balaban J connectivity index is 1.51.